The number of nitrogens with zero attached hydrogens (tertiary/aromatic N) is 2. The van der Waals surface area contributed by atoms with E-state index < -0.39 is 12.1 Å². The van der Waals surface area contributed by atoms with Crippen LogP contribution in [0.4, 0.5) is 10.7 Å². The smallest absolute Gasteiger partial charge is 0.321 e. The van der Waals surface area contributed by atoms with Crippen molar-refractivity contribution in [1.29, 1.82) is 0 Å². The lowest BCUT2D eigenvalue weighted by atomic mass is 9.99. The lowest BCUT2D eigenvalue weighted by molar-refractivity contribution is 0.0924. The molecule has 21 heavy (non-hydrogen) atoms. The van der Waals surface area contributed by atoms with Crippen LogP contribution in [0, 0.1) is 12.8 Å². The van der Waals surface area contributed by atoms with E-state index in [0.29, 0.717) is 18.1 Å². The van der Waals surface area contributed by atoms with Crippen molar-refractivity contribution >= 4 is 11.9 Å². The van der Waals surface area contributed by atoms with E-state index in [0.717, 1.165) is 19.0 Å². The van der Waals surface area contributed by atoms with E-state index in [-0.39, 0.29) is 6.54 Å². The number of likely N-dealkylation sites (tertiary alicyclic amines) is 1. The zero-order valence-electron chi connectivity index (χ0n) is 12.6. The number of urea groups is 1. The van der Waals surface area contributed by atoms with Gasteiger partial charge in [-0.05, 0) is 38.8 Å². The molecule has 0 bridgehead atoms. The third kappa shape index (κ3) is 5.35. The zero-order valence-corrected chi connectivity index (χ0v) is 12.6. The van der Waals surface area contributed by atoms with Gasteiger partial charge in [0.1, 0.15) is 0 Å². The molecule has 1 aliphatic rings. The first-order valence-electron chi connectivity index (χ1n) is 7.41. The van der Waals surface area contributed by atoms with Crippen LogP contribution in [0.2, 0.25) is 0 Å². The average Bonchev–Trinajstić information content (AvgIpc) is 2.84. The zero-order chi connectivity index (χ0) is 15.2. The van der Waals surface area contributed by atoms with E-state index in [2.05, 4.69) is 27.6 Å². The van der Waals surface area contributed by atoms with Crippen LogP contribution in [0.1, 0.15) is 25.5 Å². The van der Waals surface area contributed by atoms with E-state index >= 15 is 0 Å². The van der Waals surface area contributed by atoms with Crippen LogP contribution in [-0.4, -0.2) is 53.5 Å². The first-order valence-corrected chi connectivity index (χ1v) is 7.41. The summed E-state index contributed by atoms with van der Waals surface area (Å²) < 4.78 is 4.88. The van der Waals surface area contributed by atoms with Gasteiger partial charge in [0.05, 0.1) is 11.8 Å². The van der Waals surface area contributed by atoms with Crippen molar-refractivity contribution in [1.82, 2.24) is 15.4 Å². The Morgan fingerprint density at radius 1 is 1.57 bits per heavy atom. The summed E-state index contributed by atoms with van der Waals surface area (Å²) in [6, 6.07) is 1.22. The van der Waals surface area contributed by atoms with Crippen LogP contribution < -0.4 is 10.6 Å². The Hall–Kier alpha value is -1.60. The molecule has 2 amide bonds. The molecule has 1 aromatic rings. The van der Waals surface area contributed by atoms with E-state index in [1.54, 1.807) is 13.0 Å². The number of nitrogens with one attached hydrogen (secondary N) is 2. The number of aromatic nitrogens is 1. The molecule has 1 saturated heterocycles. The number of carbonyl (C=O) groups excluding carboxylic acids is 1. The molecule has 1 aliphatic heterocycles. The highest BCUT2D eigenvalue weighted by atomic mass is 16.5. The quantitative estimate of drug-likeness (QED) is 0.759. The van der Waals surface area contributed by atoms with Gasteiger partial charge in [0.2, 0.25) is 5.88 Å². The predicted molar refractivity (Wildman–Crippen MR) is 79.1 cm³/mol. The Bertz CT molecular complexity index is 455. The van der Waals surface area contributed by atoms with Gasteiger partial charge in [-0.3, -0.25) is 5.32 Å². The fraction of sp³-hybridized carbons (Fsp3) is 0.714. The number of rotatable bonds is 5. The van der Waals surface area contributed by atoms with E-state index in [4.69, 9.17) is 4.52 Å². The minimum absolute atomic E-state index is 0.213. The van der Waals surface area contributed by atoms with Crippen LogP contribution in [0.5, 0.6) is 0 Å². The maximum Gasteiger partial charge on any atom is 0.321 e. The van der Waals surface area contributed by atoms with Gasteiger partial charge >= 0.3 is 6.03 Å². The molecule has 2 rings (SSSR count). The molecule has 0 spiro atoms. The molecular weight excluding hydrogens is 272 g/mol. The van der Waals surface area contributed by atoms with Crippen molar-refractivity contribution in [3.8, 4) is 0 Å². The lowest BCUT2D eigenvalue weighted by Gasteiger charge is -2.31. The van der Waals surface area contributed by atoms with Crippen LogP contribution in [0.3, 0.4) is 0 Å². The molecule has 2 heterocycles. The summed E-state index contributed by atoms with van der Waals surface area (Å²) in [5.41, 5.74) is 0.699. The van der Waals surface area contributed by atoms with Crippen molar-refractivity contribution < 1.29 is 14.4 Å². The van der Waals surface area contributed by atoms with Gasteiger partial charge in [0.15, 0.2) is 0 Å². The molecular formula is C14H24N4O3. The van der Waals surface area contributed by atoms with Gasteiger partial charge < -0.3 is 19.8 Å². The van der Waals surface area contributed by atoms with E-state index in [1.165, 1.54) is 12.8 Å². The van der Waals surface area contributed by atoms with Crippen LogP contribution in [0.15, 0.2) is 10.6 Å². The second-order valence-electron chi connectivity index (χ2n) is 5.80. The fourth-order valence-electron chi connectivity index (χ4n) is 2.40. The monoisotopic (exact) mass is 296 g/mol. The highest BCUT2D eigenvalue weighted by molar-refractivity contribution is 5.87. The van der Waals surface area contributed by atoms with Gasteiger partial charge in [0, 0.05) is 19.2 Å². The third-order valence-corrected chi connectivity index (χ3v) is 3.71. The third-order valence-electron chi connectivity index (χ3n) is 3.71. The molecule has 0 saturated carbocycles. The number of hydrogen-bond donors (Lipinski definition) is 3. The number of anilines is 1. The Kier molecular flexibility index (Phi) is 5.58. The summed E-state index contributed by atoms with van der Waals surface area (Å²) in [5, 5.41) is 18.8. The number of amides is 2. The summed E-state index contributed by atoms with van der Waals surface area (Å²) in [4.78, 5) is 13.9. The molecule has 118 valence electrons. The highest BCUT2D eigenvalue weighted by Gasteiger charge is 2.18. The number of aliphatic hydroxyl groups is 1. The molecule has 0 aromatic carbocycles. The molecule has 1 aromatic heterocycles. The van der Waals surface area contributed by atoms with Gasteiger partial charge in [-0.1, -0.05) is 12.1 Å². The number of piperidine rings is 1. The Morgan fingerprint density at radius 2 is 2.29 bits per heavy atom. The molecule has 1 fully saturated rings. The van der Waals surface area contributed by atoms with Crippen molar-refractivity contribution in [2.45, 2.75) is 32.8 Å². The topological polar surface area (TPSA) is 90.6 Å². The van der Waals surface area contributed by atoms with Gasteiger partial charge in [-0.2, -0.15) is 0 Å². The first kappa shape index (κ1) is 15.8. The molecule has 1 unspecified atom stereocenters. The second kappa shape index (κ2) is 7.42. The Labute approximate surface area is 124 Å². The molecule has 0 aliphatic carbocycles. The molecule has 7 heteroatoms. The molecule has 0 radical (unpaired) electrons. The molecule has 7 nitrogen and oxygen atoms in total. The number of carbonyl (C=O) groups is 1. The Morgan fingerprint density at radius 3 is 2.90 bits per heavy atom. The van der Waals surface area contributed by atoms with Crippen molar-refractivity contribution in [2.24, 2.45) is 5.92 Å². The SMILES string of the molecule is Cc1cc(NC(=O)NCC(O)CN2CCC(C)CC2)on1. The van der Waals surface area contributed by atoms with Crippen LogP contribution in [-0.2, 0) is 0 Å². The van der Waals surface area contributed by atoms with Gasteiger partial charge in [-0.15, -0.1) is 0 Å². The van der Waals surface area contributed by atoms with Crippen molar-refractivity contribution in [2.75, 3.05) is 31.5 Å². The van der Waals surface area contributed by atoms with E-state index in [9.17, 15) is 9.90 Å². The highest BCUT2D eigenvalue weighted by Crippen LogP contribution is 2.15. The Balaban J connectivity index is 1.64. The number of β-amino-alcohol motifs (C(OH)–C–C–N with tert-alkyl or cyclic N) is 1. The number of aryl methyl sites for hydroxylation is 1. The fourth-order valence-corrected chi connectivity index (χ4v) is 2.40. The predicted octanol–water partition coefficient (Wildman–Crippen LogP) is 1.20. The summed E-state index contributed by atoms with van der Waals surface area (Å²) >= 11 is 0. The summed E-state index contributed by atoms with van der Waals surface area (Å²) in [6.45, 7) is 6.86. The summed E-state index contributed by atoms with van der Waals surface area (Å²) in [5.74, 6) is 1.07. The number of aliphatic hydroxyl groups excluding tert-OH is 1. The van der Waals surface area contributed by atoms with Crippen molar-refractivity contribution in [3.05, 3.63) is 11.8 Å². The molecule has 3 N–H and O–H groups in total. The number of hydrogen-bond acceptors (Lipinski definition) is 5. The second-order valence-corrected chi connectivity index (χ2v) is 5.80. The normalized spacial score (nSPS) is 18.4. The minimum atomic E-state index is -0.569. The largest absolute Gasteiger partial charge is 0.390 e. The lowest BCUT2D eigenvalue weighted by Crippen LogP contribution is -2.43. The molecule has 1 atom stereocenters. The van der Waals surface area contributed by atoms with Crippen molar-refractivity contribution in [3.63, 3.8) is 0 Å². The minimum Gasteiger partial charge on any atom is -0.390 e. The average molecular weight is 296 g/mol. The maximum absolute atomic E-state index is 11.6. The van der Waals surface area contributed by atoms with Crippen LogP contribution in [0.25, 0.3) is 0 Å². The first-order chi connectivity index (χ1) is 10.0. The van der Waals surface area contributed by atoms with Gasteiger partial charge in [-0.25, -0.2) is 4.79 Å². The summed E-state index contributed by atoms with van der Waals surface area (Å²) in [6.07, 6.45) is 1.78. The summed E-state index contributed by atoms with van der Waals surface area (Å²) in [7, 11) is 0. The standard InChI is InChI=1S/C14H24N4O3/c1-10-3-5-18(6-4-10)9-12(19)8-15-14(20)16-13-7-11(2)17-21-13/h7,10,12,19H,3-6,8-9H2,1-2H3,(H2,15,16,20). The maximum atomic E-state index is 11.6. The van der Waals surface area contributed by atoms with Crippen LogP contribution >= 0.6 is 0 Å². The van der Waals surface area contributed by atoms with E-state index in [1.807, 2.05) is 0 Å². The van der Waals surface area contributed by atoms with Gasteiger partial charge in [0.25, 0.3) is 0 Å².